The Bertz CT molecular complexity index is 1050. The molecule has 0 saturated carbocycles. The molecule has 2 heterocycles. The van der Waals surface area contributed by atoms with Gasteiger partial charge < -0.3 is 23.5 Å². The topological polar surface area (TPSA) is 102 Å². The minimum absolute atomic E-state index is 0.0604. The van der Waals surface area contributed by atoms with Gasteiger partial charge in [0.1, 0.15) is 17.0 Å². The first-order chi connectivity index (χ1) is 14.7. The lowest BCUT2D eigenvalue weighted by atomic mass is 9.86. The van der Waals surface area contributed by atoms with E-state index in [-0.39, 0.29) is 17.2 Å². The number of carbonyl (C=O) groups excluding carboxylic acids is 2. The van der Waals surface area contributed by atoms with Crippen LogP contribution in [0.25, 0.3) is 5.76 Å². The standard InChI is InChI=1S/C22H30N2O7S/c1-21(2,3)30-20(26)24-12-10-22(11-13-24)14-17(31-32(6,27)28)18-15(19(25)23(4)5)8-7-9-16(18)29-22/h7-9,14H,10-13H2,1-6H3. The summed E-state index contributed by atoms with van der Waals surface area (Å²) in [7, 11) is -0.640. The van der Waals surface area contributed by atoms with Gasteiger partial charge in [-0.2, -0.15) is 8.42 Å². The third kappa shape index (κ3) is 5.35. The van der Waals surface area contributed by atoms with Gasteiger partial charge in [0, 0.05) is 46.1 Å². The van der Waals surface area contributed by atoms with Gasteiger partial charge in [0.05, 0.1) is 17.4 Å². The third-order valence-corrected chi connectivity index (χ3v) is 5.60. The van der Waals surface area contributed by atoms with Crippen LogP contribution in [0.1, 0.15) is 49.5 Å². The number of fused-ring (bicyclic) bond motifs is 1. The maximum atomic E-state index is 12.7. The summed E-state index contributed by atoms with van der Waals surface area (Å²) < 4.78 is 41.1. The van der Waals surface area contributed by atoms with E-state index < -0.39 is 27.4 Å². The van der Waals surface area contributed by atoms with E-state index in [0.29, 0.717) is 37.2 Å². The highest BCUT2D eigenvalue weighted by atomic mass is 32.2. The number of carbonyl (C=O) groups is 2. The fraction of sp³-hybridized carbons (Fsp3) is 0.545. The predicted octanol–water partition coefficient (Wildman–Crippen LogP) is 2.87. The van der Waals surface area contributed by atoms with E-state index in [2.05, 4.69) is 0 Å². The Morgan fingerprint density at radius 1 is 1.16 bits per heavy atom. The number of likely N-dealkylation sites (tertiary alicyclic amines) is 1. The Kier molecular flexibility index (Phi) is 6.21. The molecule has 3 rings (SSSR count). The summed E-state index contributed by atoms with van der Waals surface area (Å²) in [6.45, 7) is 6.15. The summed E-state index contributed by atoms with van der Waals surface area (Å²) in [6, 6.07) is 4.97. The number of benzene rings is 1. The first-order valence-corrected chi connectivity index (χ1v) is 12.2. The van der Waals surface area contributed by atoms with Gasteiger partial charge in [0.25, 0.3) is 5.91 Å². The van der Waals surface area contributed by atoms with Crippen LogP contribution in [0.15, 0.2) is 24.3 Å². The molecule has 0 bridgehead atoms. The van der Waals surface area contributed by atoms with E-state index in [9.17, 15) is 18.0 Å². The van der Waals surface area contributed by atoms with Crippen LogP contribution < -0.4 is 4.74 Å². The van der Waals surface area contributed by atoms with Gasteiger partial charge >= 0.3 is 16.2 Å². The number of ether oxygens (including phenoxy) is 2. The highest BCUT2D eigenvalue weighted by molar-refractivity contribution is 7.86. The minimum atomic E-state index is -3.86. The largest absolute Gasteiger partial charge is 0.482 e. The van der Waals surface area contributed by atoms with Crippen molar-refractivity contribution in [3.05, 3.63) is 35.4 Å². The molecule has 0 unspecified atom stereocenters. The number of hydrogen-bond acceptors (Lipinski definition) is 7. The van der Waals surface area contributed by atoms with Gasteiger partial charge in [-0.3, -0.25) is 4.79 Å². The first-order valence-electron chi connectivity index (χ1n) is 10.3. The molecule has 2 aliphatic rings. The van der Waals surface area contributed by atoms with E-state index in [0.717, 1.165) is 6.26 Å². The van der Waals surface area contributed by atoms with E-state index >= 15 is 0 Å². The fourth-order valence-corrected chi connectivity index (χ4v) is 4.18. The van der Waals surface area contributed by atoms with Crippen LogP contribution in [0.2, 0.25) is 0 Å². The molecule has 1 spiro atoms. The highest BCUT2D eigenvalue weighted by Gasteiger charge is 2.43. The van der Waals surface area contributed by atoms with Gasteiger partial charge in [-0.15, -0.1) is 0 Å². The molecule has 9 nitrogen and oxygen atoms in total. The zero-order valence-corrected chi connectivity index (χ0v) is 20.1. The molecule has 0 aromatic heterocycles. The fourth-order valence-electron chi connectivity index (χ4n) is 3.72. The quantitative estimate of drug-likeness (QED) is 0.631. The van der Waals surface area contributed by atoms with Crippen LogP contribution in [-0.4, -0.2) is 74.9 Å². The molecule has 0 atom stereocenters. The number of hydrogen-bond donors (Lipinski definition) is 0. The zero-order chi connectivity index (χ0) is 23.9. The number of piperidine rings is 1. The summed E-state index contributed by atoms with van der Waals surface area (Å²) in [5, 5.41) is 0. The molecule has 10 heteroatoms. The molecular formula is C22H30N2O7S. The molecule has 0 radical (unpaired) electrons. The van der Waals surface area contributed by atoms with Gasteiger partial charge in [-0.05, 0) is 32.9 Å². The smallest absolute Gasteiger partial charge is 0.410 e. The lowest BCUT2D eigenvalue weighted by Gasteiger charge is -2.42. The Morgan fingerprint density at radius 3 is 2.31 bits per heavy atom. The Hall–Kier alpha value is -2.75. The molecule has 2 aliphatic heterocycles. The highest BCUT2D eigenvalue weighted by Crippen LogP contribution is 2.43. The maximum Gasteiger partial charge on any atom is 0.410 e. The van der Waals surface area contributed by atoms with E-state index in [4.69, 9.17) is 13.7 Å². The second-order valence-corrected chi connectivity index (χ2v) is 10.9. The van der Waals surface area contributed by atoms with Gasteiger partial charge in [0.15, 0.2) is 5.76 Å². The van der Waals surface area contributed by atoms with E-state index in [1.165, 1.54) is 4.90 Å². The van der Waals surface area contributed by atoms with Gasteiger partial charge in [-0.25, -0.2) is 4.79 Å². The molecule has 2 amide bonds. The van der Waals surface area contributed by atoms with Gasteiger partial charge in [0.2, 0.25) is 0 Å². The Balaban J connectivity index is 1.95. The van der Waals surface area contributed by atoms with Crippen molar-refractivity contribution in [2.45, 2.75) is 44.8 Å². The van der Waals surface area contributed by atoms with E-state index in [1.54, 1.807) is 43.3 Å². The Morgan fingerprint density at radius 2 is 1.78 bits per heavy atom. The van der Waals surface area contributed by atoms with Crippen molar-refractivity contribution in [3.8, 4) is 5.75 Å². The molecule has 1 fully saturated rings. The lowest BCUT2D eigenvalue weighted by Crippen LogP contribution is -2.50. The number of rotatable bonds is 3. The third-order valence-electron chi connectivity index (χ3n) is 5.12. The van der Waals surface area contributed by atoms with Crippen LogP contribution in [0.3, 0.4) is 0 Å². The second kappa shape index (κ2) is 8.31. The van der Waals surface area contributed by atoms with E-state index in [1.807, 2.05) is 20.8 Å². The van der Waals surface area contributed by atoms with Crippen molar-refractivity contribution in [3.63, 3.8) is 0 Å². The summed E-state index contributed by atoms with van der Waals surface area (Å²) in [5.74, 6) is 0.124. The van der Waals surface area contributed by atoms with Crippen molar-refractivity contribution < 1.29 is 31.7 Å². The monoisotopic (exact) mass is 466 g/mol. The van der Waals surface area contributed by atoms with Crippen LogP contribution in [0, 0.1) is 0 Å². The second-order valence-electron chi connectivity index (χ2n) is 9.31. The molecule has 1 aromatic rings. The normalized spacial score (nSPS) is 17.7. The summed E-state index contributed by atoms with van der Waals surface area (Å²) in [5.41, 5.74) is -0.885. The summed E-state index contributed by atoms with van der Waals surface area (Å²) >= 11 is 0. The molecule has 1 saturated heterocycles. The molecular weight excluding hydrogens is 436 g/mol. The van der Waals surface area contributed by atoms with Crippen molar-refractivity contribution in [1.29, 1.82) is 0 Å². The number of nitrogens with zero attached hydrogens (tertiary/aromatic N) is 2. The molecule has 176 valence electrons. The molecule has 1 aromatic carbocycles. The molecule has 32 heavy (non-hydrogen) atoms. The lowest BCUT2D eigenvalue weighted by molar-refractivity contribution is -0.00166. The SMILES string of the molecule is CN(C)C(=O)c1cccc2c1C(OS(C)(=O)=O)=CC1(CCN(C(=O)OC(C)(C)C)CC1)O2. The van der Waals surface area contributed by atoms with Crippen LogP contribution >= 0.6 is 0 Å². The maximum absolute atomic E-state index is 12.7. The van der Waals surface area contributed by atoms with Crippen molar-refractivity contribution >= 4 is 27.9 Å². The number of amides is 2. The van der Waals surface area contributed by atoms with Crippen molar-refractivity contribution in [1.82, 2.24) is 9.80 Å². The van der Waals surface area contributed by atoms with Crippen LogP contribution in [0.4, 0.5) is 4.79 Å². The van der Waals surface area contributed by atoms with Crippen LogP contribution in [0.5, 0.6) is 5.75 Å². The first kappa shape index (κ1) is 23.9. The zero-order valence-electron chi connectivity index (χ0n) is 19.3. The average molecular weight is 467 g/mol. The molecule has 0 N–H and O–H groups in total. The average Bonchev–Trinajstić information content (AvgIpc) is 2.64. The summed E-state index contributed by atoms with van der Waals surface area (Å²) in [4.78, 5) is 28.1. The van der Waals surface area contributed by atoms with Crippen molar-refractivity contribution in [2.75, 3.05) is 33.4 Å². The van der Waals surface area contributed by atoms with Crippen LogP contribution in [-0.2, 0) is 19.0 Å². The summed E-state index contributed by atoms with van der Waals surface area (Å²) in [6.07, 6.45) is 2.99. The van der Waals surface area contributed by atoms with Gasteiger partial charge in [-0.1, -0.05) is 6.07 Å². The van der Waals surface area contributed by atoms with Crippen molar-refractivity contribution in [2.24, 2.45) is 0 Å². The Labute approximate surface area is 189 Å². The predicted molar refractivity (Wildman–Crippen MR) is 119 cm³/mol. The minimum Gasteiger partial charge on any atom is -0.482 e. The molecule has 0 aliphatic carbocycles.